The first-order chi connectivity index (χ1) is 9.69. The monoisotopic (exact) mass is 293 g/mol. The molecule has 0 bridgehead atoms. The van der Waals surface area contributed by atoms with Crippen molar-refractivity contribution in [1.29, 1.82) is 0 Å². The minimum Gasteiger partial charge on any atom is -0.310 e. The Bertz CT molecular complexity index is 437. The summed E-state index contributed by atoms with van der Waals surface area (Å²) in [7, 11) is 0. The third-order valence-electron chi connectivity index (χ3n) is 4.98. The van der Waals surface area contributed by atoms with Crippen LogP contribution in [0.2, 0.25) is 0 Å². The highest BCUT2D eigenvalue weighted by atomic mass is 32.1. The van der Waals surface area contributed by atoms with Gasteiger partial charge in [0.25, 0.3) is 0 Å². The second-order valence-corrected chi connectivity index (χ2v) is 7.48. The minimum absolute atomic E-state index is 0.384. The second kappa shape index (κ2) is 6.12. The van der Waals surface area contributed by atoms with Crippen LogP contribution in [0, 0.1) is 6.92 Å². The van der Waals surface area contributed by atoms with Crippen molar-refractivity contribution in [3.8, 4) is 0 Å². The van der Waals surface area contributed by atoms with Gasteiger partial charge in [0, 0.05) is 29.7 Å². The van der Waals surface area contributed by atoms with Crippen molar-refractivity contribution in [3.05, 3.63) is 16.1 Å². The molecule has 20 heavy (non-hydrogen) atoms. The fourth-order valence-electron chi connectivity index (χ4n) is 3.77. The van der Waals surface area contributed by atoms with Crippen molar-refractivity contribution in [3.63, 3.8) is 0 Å². The number of nitrogens with one attached hydrogen (secondary N) is 1. The van der Waals surface area contributed by atoms with Crippen LogP contribution < -0.4 is 5.32 Å². The van der Waals surface area contributed by atoms with E-state index in [9.17, 15) is 0 Å². The Labute approximate surface area is 126 Å². The number of aryl methyl sites for hydroxylation is 1. The van der Waals surface area contributed by atoms with Gasteiger partial charge in [0.15, 0.2) is 0 Å². The molecule has 112 valence electrons. The van der Waals surface area contributed by atoms with Gasteiger partial charge in [-0.15, -0.1) is 11.3 Å². The molecule has 1 aromatic heterocycles. The van der Waals surface area contributed by atoms with Gasteiger partial charge in [0.05, 0.1) is 6.04 Å². The molecule has 1 saturated heterocycles. The number of rotatable bonds is 2. The van der Waals surface area contributed by atoms with Gasteiger partial charge < -0.3 is 5.32 Å². The van der Waals surface area contributed by atoms with Crippen LogP contribution in [0.15, 0.2) is 5.38 Å². The first kappa shape index (κ1) is 14.5. The van der Waals surface area contributed by atoms with Crippen LogP contribution in [0.4, 0.5) is 0 Å². The van der Waals surface area contributed by atoms with Crippen molar-refractivity contribution in [2.45, 2.75) is 64.0 Å². The van der Waals surface area contributed by atoms with Gasteiger partial charge >= 0.3 is 0 Å². The van der Waals surface area contributed by atoms with Gasteiger partial charge in [-0.2, -0.15) is 0 Å². The molecule has 1 atom stereocenters. The molecule has 1 spiro atoms. The highest BCUT2D eigenvalue weighted by molar-refractivity contribution is 7.09. The summed E-state index contributed by atoms with van der Waals surface area (Å²) in [6, 6.07) is 0.465. The molecule has 1 unspecified atom stereocenters. The lowest BCUT2D eigenvalue weighted by atomic mass is 9.81. The zero-order valence-electron chi connectivity index (χ0n) is 12.8. The predicted molar refractivity (Wildman–Crippen MR) is 85.3 cm³/mol. The number of nitrogens with zero attached hydrogens (tertiary/aromatic N) is 2. The van der Waals surface area contributed by atoms with Crippen molar-refractivity contribution >= 4 is 11.3 Å². The van der Waals surface area contributed by atoms with Crippen molar-refractivity contribution in [2.24, 2.45) is 0 Å². The quantitative estimate of drug-likeness (QED) is 0.904. The molecule has 1 saturated carbocycles. The van der Waals surface area contributed by atoms with Gasteiger partial charge in [-0.25, -0.2) is 4.98 Å². The third-order valence-corrected chi connectivity index (χ3v) is 6.11. The molecule has 2 aliphatic rings. The lowest BCUT2D eigenvalue weighted by Crippen LogP contribution is -2.52. The molecule has 0 radical (unpaired) electrons. The number of aromatic nitrogens is 1. The van der Waals surface area contributed by atoms with Crippen molar-refractivity contribution < 1.29 is 0 Å². The van der Waals surface area contributed by atoms with Gasteiger partial charge in [0.2, 0.25) is 0 Å². The van der Waals surface area contributed by atoms with Gasteiger partial charge in [0.1, 0.15) is 5.01 Å². The molecule has 1 N–H and O–H groups in total. The van der Waals surface area contributed by atoms with E-state index in [4.69, 9.17) is 4.98 Å². The number of thiazole rings is 1. The summed E-state index contributed by atoms with van der Waals surface area (Å²) < 4.78 is 0. The zero-order valence-corrected chi connectivity index (χ0v) is 13.6. The Morgan fingerprint density at radius 1 is 1.30 bits per heavy atom. The van der Waals surface area contributed by atoms with E-state index in [0.717, 1.165) is 5.69 Å². The van der Waals surface area contributed by atoms with E-state index >= 15 is 0 Å². The maximum atomic E-state index is 4.71. The summed E-state index contributed by atoms with van der Waals surface area (Å²) in [5.74, 6) is 0. The van der Waals surface area contributed by atoms with E-state index in [1.165, 1.54) is 63.2 Å². The van der Waals surface area contributed by atoms with E-state index in [0.29, 0.717) is 11.6 Å². The standard InChI is InChI=1S/C16H27N3S/c1-13-11-20-15(18-13)14(2)19-10-6-9-17-16(12-19)7-4-3-5-8-16/h11,14,17H,3-10,12H2,1-2H3. The van der Waals surface area contributed by atoms with Crippen LogP contribution in [0.1, 0.15) is 62.2 Å². The van der Waals surface area contributed by atoms with E-state index in [-0.39, 0.29) is 0 Å². The number of hydrogen-bond donors (Lipinski definition) is 1. The van der Waals surface area contributed by atoms with E-state index in [1.807, 2.05) is 11.3 Å². The summed E-state index contributed by atoms with van der Waals surface area (Å²) in [4.78, 5) is 7.38. The second-order valence-electron chi connectivity index (χ2n) is 6.59. The molecular weight excluding hydrogens is 266 g/mol. The maximum absolute atomic E-state index is 4.71. The average Bonchev–Trinajstić information content (AvgIpc) is 2.79. The Kier molecular flexibility index (Phi) is 4.43. The zero-order chi connectivity index (χ0) is 14.0. The summed E-state index contributed by atoms with van der Waals surface area (Å²) in [6.45, 7) is 8.01. The van der Waals surface area contributed by atoms with Gasteiger partial charge in [-0.05, 0) is 39.7 Å². The van der Waals surface area contributed by atoms with Crippen LogP contribution in [0.25, 0.3) is 0 Å². The van der Waals surface area contributed by atoms with E-state index < -0.39 is 0 Å². The SMILES string of the molecule is Cc1csc(C(C)N2CCCNC3(CCCCC3)C2)n1. The van der Waals surface area contributed by atoms with Crippen LogP contribution in [-0.4, -0.2) is 35.1 Å². The highest BCUT2D eigenvalue weighted by Crippen LogP contribution is 2.33. The molecule has 2 fully saturated rings. The minimum atomic E-state index is 0.384. The van der Waals surface area contributed by atoms with Crippen molar-refractivity contribution in [1.82, 2.24) is 15.2 Å². The predicted octanol–water partition coefficient (Wildman–Crippen LogP) is 3.51. The molecule has 2 heterocycles. The fraction of sp³-hybridized carbons (Fsp3) is 0.812. The maximum Gasteiger partial charge on any atom is 0.110 e. The van der Waals surface area contributed by atoms with Gasteiger partial charge in [-0.3, -0.25) is 4.90 Å². The van der Waals surface area contributed by atoms with Crippen LogP contribution in [-0.2, 0) is 0 Å². The van der Waals surface area contributed by atoms with E-state index in [2.05, 4.69) is 29.4 Å². The Balaban J connectivity index is 1.74. The van der Waals surface area contributed by atoms with Crippen LogP contribution in [0.3, 0.4) is 0 Å². The lowest BCUT2D eigenvalue weighted by molar-refractivity contribution is 0.134. The summed E-state index contributed by atoms with van der Waals surface area (Å²) in [6.07, 6.45) is 8.18. The first-order valence-electron chi connectivity index (χ1n) is 8.10. The summed E-state index contributed by atoms with van der Waals surface area (Å²) >= 11 is 1.82. The van der Waals surface area contributed by atoms with Crippen LogP contribution in [0.5, 0.6) is 0 Å². The molecule has 3 rings (SSSR count). The first-order valence-corrected chi connectivity index (χ1v) is 8.98. The van der Waals surface area contributed by atoms with Gasteiger partial charge in [-0.1, -0.05) is 19.3 Å². The normalized spacial score (nSPS) is 25.5. The molecule has 0 aromatic carbocycles. The fourth-order valence-corrected chi connectivity index (χ4v) is 4.66. The molecule has 1 aromatic rings. The van der Waals surface area contributed by atoms with E-state index in [1.54, 1.807) is 0 Å². The smallest absolute Gasteiger partial charge is 0.110 e. The lowest BCUT2D eigenvalue weighted by Gasteiger charge is -2.41. The topological polar surface area (TPSA) is 28.2 Å². The molecule has 1 aliphatic heterocycles. The molecule has 0 amide bonds. The molecule has 3 nitrogen and oxygen atoms in total. The molecule has 4 heteroatoms. The average molecular weight is 293 g/mol. The Morgan fingerprint density at radius 2 is 2.10 bits per heavy atom. The Hall–Kier alpha value is -0.450. The molecule has 1 aliphatic carbocycles. The largest absolute Gasteiger partial charge is 0.310 e. The highest BCUT2D eigenvalue weighted by Gasteiger charge is 2.36. The summed E-state index contributed by atoms with van der Waals surface area (Å²) in [5.41, 5.74) is 1.55. The molecular formula is C16H27N3S. The summed E-state index contributed by atoms with van der Waals surface area (Å²) in [5, 5.41) is 7.35. The number of hydrogen-bond acceptors (Lipinski definition) is 4. The van der Waals surface area contributed by atoms with Crippen LogP contribution >= 0.6 is 11.3 Å². The van der Waals surface area contributed by atoms with Crippen molar-refractivity contribution in [2.75, 3.05) is 19.6 Å². The third kappa shape index (κ3) is 3.07. The Morgan fingerprint density at radius 3 is 2.80 bits per heavy atom.